The number of likely N-dealkylation sites (N-methyl/N-ethyl adjacent to an activating group) is 1. The SMILES string of the molecule is CCN(C(=O)c1ccc(F)c(F)c1)C(C)(C)C(=O)O. The third-order valence-corrected chi connectivity index (χ3v) is 2.93. The van der Waals surface area contributed by atoms with Gasteiger partial charge in [0.1, 0.15) is 5.54 Å². The summed E-state index contributed by atoms with van der Waals surface area (Å²) in [7, 11) is 0. The molecule has 0 spiro atoms. The van der Waals surface area contributed by atoms with Crippen molar-refractivity contribution in [1.82, 2.24) is 4.90 Å². The Morgan fingerprint density at radius 1 is 1.26 bits per heavy atom. The first kappa shape index (κ1) is 15.1. The fourth-order valence-corrected chi connectivity index (χ4v) is 1.69. The minimum absolute atomic E-state index is 0.0879. The van der Waals surface area contributed by atoms with Crippen LogP contribution in [-0.2, 0) is 4.79 Å². The number of aliphatic carboxylic acids is 1. The largest absolute Gasteiger partial charge is 0.480 e. The van der Waals surface area contributed by atoms with Gasteiger partial charge in [-0.1, -0.05) is 0 Å². The van der Waals surface area contributed by atoms with Crippen molar-refractivity contribution in [3.63, 3.8) is 0 Å². The van der Waals surface area contributed by atoms with Crippen LogP contribution in [0.25, 0.3) is 0 Å². The van der Waals surface area contributed by atoms with Gasteiger partial charge in [-0.25, -0.2) is 13.6 Å². The molecule has 0 aliphatic heterocycles. The van der Waals surface area contributed by atoms with Crippen molar-refractivity contribution < 1.29 is 23.5 Å². The van der Waals surface area contributed by atoms with Gasteiger partial charge >= 0.3 is 5.97 Å². The topological polar surface area (TPSA) is 57.6 Å². The van der Waals surface area contributed by atoms with Gasteiger partial charge in [0.25, 0.3) is 5.91 Å². The van der Waals surface area contributed by atoms with E-state index in [9.17, 15) is 18.4 Å². The van der Waals surface area contributed by atoms with Crippen molar-refractivity contribution in [2.24, 2.45) is 0 Å². The Morgan fingerprint density at radius 2 is 1.84 bits per heavy atom. The number of hydrogen-bond donors (Lipinski definition) is 1. The van der Waals surface area contributed by atoms with Gasteiger partial charge in [0.2, 0.25) is 0 Å². The minimum Gasteiger partial charge on any atom is -0.480 e. The average molecular weight is 271 g/mol. The van der Waals surface area contributed by atoms with Gasteiger partial charge in [-0.2, -0.15) is 0 Å². The molecule has 0 fully saturated rings. The highest BCUT2D eigenvalue weighted by Crippen LogP contribution is 2.19. The number of carbonyl (C=O) groups is 2. The summed E-state index contributed by atoms with van der Waals surface area (Å²) in [5.74, 6) is -4.04. The molecule has 0 heterocycles. The Kier molecular flexibility index (Phi) is 4.24. The van der Waals surface area contributed by atoms with E-state index >= 15 is 0 Å². The molecule has 6 heteroatoms. The molecule has 0 saturated heterocycles. The van der Waals surface area contributed by atoms with Crippen molar-refractivity contribution >= 4 is 11.9 Å². The lowest BCUT2D eigenvalue weighted by atomic mass is 10.0. The molecule has 0 atom stereocenters. The number of carboxylic acids is 1. The molecule has 0 bridgehead atoms. The highest BCUT2D eigenvalue weighted by atomic mass is 19.2. The van der Waals surface area contributed by atoms with E-state index in [1.54, 1.807) is 6.92 Å². The number of halogens is 2. The van der Waals surface area contributed by atoms with Gasteiger partial charge < -0.3 is 10.0 Å². The maximum atomic E-state index is 13.1. The lowest BCUT2D eigenvalue weighted by molar-refractivity contribution is -0.147. The zero-order valence-corrected chi connectivity index (χ0v) is 10.9. The summed E-state index contributed by atoms with van der Waals surface area (Å²) >= 11 is 0. The predicted molar refractivity (Wildman–Crippen MR) is 64.8 cm³/mol. The van der Waals surface area contributed by atoms with Crippen LogP contribution in [0, 0.1) is 11.6 Å². The molecular weight excluding hydrogens is 256 g/mol. The van der Waals surface area contributed by atoms with Crippen LogP contribution in [-0.4, -0.2) is 34.0 Å². The van der Waals surface area contributed by atoms with E-state index in [0.717, 1.165) is 23.1 Å². The van der Waals surface area contributed by atoms with Crippen LogP contribution in [0.3, 0.4) is 0 Å². The summed E-state index contributed by atoms with van der Waals surface area (Å²) in [6.07, 6.45) is 0. The van der Waals surface area contributed by atoms with Crippen LogP contribution in [0.4, 0.5) is 8.78 Å². The number of benzene rings is 1. The lowest BCUT2D eigenvalue weighted by Gasteiger charge is -2.34. The second-order valence-electron chi connectivity index (χ2n) is 4.54. The summed E-state index contributed by atoms with van der Waals surface area (Å²) in [6, 6.07) is 2.73. The molecule has 1 aromatic carbocycles. The molecule has 0 unspecified atom stereocenters. The fourth-order valence-electron chi connectivity index (χ4n) is 1.69. The van der Waals surface area contributed by atoms with Gasteiger partial charge in [0.05, 0.1) is 0 Å². The summed E-state index contributed by atoms with van der Waals surface area (Å²) in [4.78, 5) is 24.4. The van der Waals surface area contributed by atoms with Crippen molar-refractivity contribution in [3.05, 3.63) is 35.4 Å². The molecule has 0 aliphatic carbocycles. The standard InChI is InChI=1S/C13H15F2NO3/c1-4-16(13(2,3)12(18)19)11(17)8-5-6-9(14)10(15)7-8/h5-7H,4H2,1-3H3,(H,18,19). The molecule has 1 amide bonds. The molecule has 19 heavy (non-hydrogen) atoms. The van der Waals surface area contributed by atoms with Gasteiger partial charge in [0.15, 0.2) is 11.6 Å². The minimum atomic E-state index is -1.43. The average Bonchev–Trinajstić information content (AvgIpc) is 2.32. The molecule has 1 N–H and O–H groups in total. The van der Waals surface area contributed by atoms with Gasteiger partial charge in [0, 0.05) is 12.1 Å². The molecule has 4 nitrogen and oxygen atoms in total. The normalized spacial score (nSPS) is 11.2. The van der Waals surface area contributed by atoms with Crippen LogP contribution in [0.5, 0.6) is 0 Å². The summed E-state index contributed by atoms with van der Waals surface area (Å²) in [5, 5.41) is 9.11. The molecule has 0 aliphatic rings. The van der Waals surface area contributed by atoms with Crippen LogP contribution < -0.4 is 0 Å². The number of amides is 1. The fraction of sp³-hybridized carbons (Fsp3) is 0.385. The van der Waals surface area contributed by atoms with Crippen molar-refractivity contribution in [2.75, 3.05) is 6.54 Å². The maximum Gasteiger partial charge on any atom is 0.329 e. The smallest absolute Gasteiger partial charge is 0.329 e. The van der Waals surface area contributed by atoms with Crippen LogP contribution in [0.1, 0.15) is 31.1 Å². The molecule has 1 rings (SSSR count). The molecule has 104 valence electrons. The Balaban J connectivity index is 3.15. The van der Waals surface area contributed by atoms with Crippen LogP contribution in [0.2, 0.25) is 0 Å². The second kappa shape index (κ2) is 5.34. The van der Waals surface area contributed by atoms with Crippen molar-refractivity contribution in [2.45, 2.75) is 26.3 Å². The zero-order chi connectivity index (χ0) is 14.8. The van der Waals surface area contributed by atoms with Crippen LogP contribution in [0.15, 0.2) is 18.2 Å². The summed E-state index contributed by atoms with van der Waals surface area (Å²) in [5.41, 5.74) is -1.52. The first-order valence-corrected chi connectivity index (χ1v) is 5.72. The monoisotopic (exact) mass is 271 g/mol. The third kappa shape index (κ3) is 2.89. The summed E-state index contributed by atoms with van der Waals surface area (Å²) in [6.45, 7) is 4.49. The van der Waals surface area contributed by atoms with Crippen molar-refractivity contribution in [1.29, 1.82) is 0 Å². The quantitative estimate of drug-likeness (QED) is 0.914. The summed E-state index contributed by atoms with van der Waals surface area (Å²) < 4.78 is 25.9. The number of carbonyl (C=O) groups excluding carboxylic acids is 1. The lowest BCUT2D eigenvalue weighted by Crippen LogP contribution is -2.52. The van der Waals surface area contributed by atoms with E-state index in [0.29, 0.717) is 0 Å². The molecule has 0 radical (unpaired) electrons. The second-order valence-corrected chi connectivity index (χ2v) is 4.54. The van der Waals surface area contributed by atoms with E-state index in [1.165, 1.54) is 13.8 Å². The van der Waals surface area contributed by atoms with E-state index in [1.807, 2.05) is 0 Å². The molecule has 0 aromatic heterocycles. The molecule has 1 aromatic rings. The highest BCUT2D eigenvalue weighted by molar-refractivity contribution is 5.97. The van der Waals surface area contributed by atoms with E-state index in [4.69, 9.17) is 5.11 Å². The third-order valence-electron chi connectivity index (χ3n) is 2.93. The zero-order valence-electron chi connectivity index (χ0n) is 10.9. The molecule has 0 saturated carbocycles. The first-order chi connectivity index (χ1) is 8.71. The highest BCUT2D eigenvalue weighted by Gasteiger charge is 2.37. The Hall–Kier alpha value is -1.98. The van der Waals surface area contributed by atoms with E-state index < -0.39 is 29.0 Å². The predicted octanol–water partition coefficient (Wildman–Crippen LogP) is 2.29. The Labute approximate surface area is 109 Å². The van der Waals surface area contributed by atoms with Crippen LogP contribution >= 0.6 is 0 Å². The van der Waals surface area contributed by atoms with E-state index in [-0.39, 0.29) is 12.1 Å². The van der Waals surface area contributed by atoms with Gasteiger partial charge in [-0.3, -0.25) is 4.79 Å². The number of carboxylic acid groups (broad SMARTS) is 1. The van der Waals surface area contributed by atoms with Gasteiger partial charge in [-0.05, 0) is 39.0 Å². The number of nitrogens with zero attached hydrogens (tertiary/aromatic N) is 1. The first-order valence-electron chi connectivity index (χ1n) is 5.72. The van der Waals surface area contributed by atoms with Crippen molar-refractivity contribution in [3.8, 4) is 0 Å². The Morgan fingerprint density at radius 3 is 2.26 bits per heavy atom. The Bertz CT molecular complexity index is 515. The number of rotatable bonds is 4. The maximum absolute atomic E-state index is 13.1. The molecular formula is C13H15F2NO3. The van der Waals surface area contributed by atoms with E-state index in [2.05, 4.69) is 0 Å². The number of hydrogen-bond acceptors (Lipinski definition) is 2. The van der Waals surface area contributed by atoms with Gasteiger partial charge in [-0.15, -0.1) is 0 Å².